The summed E-state index contributed by atoms with van der Waals surface area (Å²) in [5, 5.41) is 3.64. The number of aryl methyl sites for hydroxylation is 1. The van der Waals surface area contributed by atoms with Crippen molar-refractivity contribution in [1.29, 1.82) is 0 Å². The number of imidazole rings is 1. The van der Waals surface area contributed by atoms with E-state index in [1.165, 1.54) is 6.07 Å². The highest BCUT2D eigenvalue weighted by Crippen LogP contribution is 2.35. The predicted molar refractivity (Wildman–Crippen MR) is 134 cm³/mol. The SMILES string of the molecule is Cc1cn2cc(NC(=O)c3ccc(C4CCN(C(=O)OC(C)(C)C)CC4)c4ccoc34)cc(F)c2n1. The Hall–Kier alpha value is -3.88. The minimum Gasteiger partial charge on any atom is -0.463 e. The highest BCUT2D eigenvalue weighted by molar-refractivity contribution is 6.12. The van der Waals surface area contributed by atoms with Gasteiger partial charge in [-0.15, -0.1) is 0 Å². The standard InChI is InChI=1S/C27H29FN4O4/c1-16-14-32-15-18(13-22(28)24(32)29-16)30-25(33)21-6-5-19(20-9-12-35-23(20)21)17-7-10-31(11-8-17)26(34)36-27(2,3)4/h5-6,9,12-15,17H,7-8,10-11H2,1-4H3,(H,30,33). The molecule has 1 saturated heterocycles. The van der Waals surface area contributed by atoms with Crippen LogP contribution in [0.25, 0.3) is 16.6 Å². The summed E-state index contributed by atoms with van der Waals surface area (Å²) in [5.74, 6) is -0.684. The number of rotatable bonds is 3. The summed E-state index contributed by atoms with van der Waals surface area (Å²) in [6, 6.07) is 6.81. The Morgan fingerprint density at radius 3 is 2.64 bits per heavy atom. The summed E-state index contributed by atoms with van der Waals surface area (Å²) < 4.78 is 27.2. The summed E-state index contributed by atoms with van der Waals surface area (Å²) in [5.41, 5.74) is 2.62. The van der Waals surface area contributed by atoms with E-state index in [9.17, 15) is 14.0 Å². The molecule has 0 unspecified atom stereocenters. The second-order valence-corrected chi connectivity index (χ2v) is 10.3. The fraction of sp³-hybridized carbons (Fsp3) is 0.370. The van der Waals surface area contributed by atoms with Crippen LogP contribution in [-0.2, 0) is 4.74 Å². The van der Waals surface area contributed by atoms with Crippen LogP contribution >= 0.6 is 0 Å². The number of benzene rings is 1. The molecule has 188 valence electrons. The second-order valence-electron chi connectivity index (χ2n) is 10.3. The van der Waals surface area contributed by atoms with Crippen molar-refractivity contribution in [2.75, 3.05) is 18.4 Å². The van der Waals surface area contributed by atoms with Crippen molar-refractivity contribution < 1.29 is 23.1 Å². The van der Waals surface area contributed by atoms with Gasteiger partial charge in [0.25, 0.3) is 5.91 Å². The third-order valence-corrected chi connectivity index (χ3v) is 6.37. The first-order chi connectivity index (χ1) is 17.1. The maximum Gasteiger partial charge on any atom is 0.410 e. The minimum atomic E-state index is -0.525. The summed E-state index contributed by atoms with van der Waals surface area (Å²) in [7, 11) is 0. The van der Waals surface area contributed by atoms with Crippen LogP contribution in [0.3, 0.4) is 0 Å². The van der Waals surface area contributed by atoms with Crippen LogP contribution < -0.4 is 5.32 Å². The van der Waals surface area contributed by atoms with Gasteiger partial charge in [0.05, 0.1) is 23.2 Å². The van der Waals surface area contributed by atoms with Gasteiger partial charge in [-0.25, -0.2) is 14.2 Å². The minimum absolute atomic E-state index is 0.209. The molecule has 36 heavy (non-hydrogen) atoms. The largest absolute Gasteiger partial charge is 0.463 e. The fourth-order valence-electron chi connectivity index (χ4n) is 4.76. The van der Waals surface area contributed by atoms with Gasteiger partial charge in [-0.2, -0.15) is 0 Å². The van der Waals surface area contributed by atoms with Crippen LogP contribution in [0.1, 0.15) is 61.1 Å². The second kappa shape index (κ2) is 8.96. The molecule has 1 aliphatic rings. The van der Waals surface area contributed by atoms with Crippen molar-refractivity contribution in [3.8, 4) is 0 Å². The fourth-order valence-corrected chi connectivity index (χ4v) is 4.76. The summed E-state index contributed by atoms with van der Waals surface area (Å²) in [6.45, 7) is 8.56. The Morgan fingerprint density at radius 2 is 1.92 bits per heavy atom. The van der Waals surface area contributed by atoms with Crippen molar-refractivity contribution >= 4 is 34.3 Å². The smallest absolute Gasteiger partial charge is 0.410 e. The van der Waals surface area contributed by atoms with Crippen LogP contribution in [0, 0.1) is 12.7 Å². The number of amides is 2. The number of carbonyl (C=O) groups excluding carboxylic acids is 2. The average molecular weight is 493 g/mol. The molecule has 0 radical (unpaired) electrons. The Balaban J connectivity index is 1.34. The zero-order valence-electron chi connectivity index (χ0n) is 20.8. The van der Waals surface area contributed by atoms with Gasteiger partial charge in [-0.05, 0) is 64.2 Å². The van der Waals surface area contributed by atoms with E-state index in [4.69, 9.17) is 9.15 Å². The number of piperidine rings is 1. The number of fused-ring (bicyclic) bond motifs is 2. The zero-order chi connectivity index (χ0) is 25.6. The normalized spacial score (nSPS) is 15.0. The van der Waals surface area contributed by atoms with Crippen molar-refractivity contribution in [3.05, 3.63) is 65.6 Å². The number of nitrogens with one attached hydrogen (secondary N) is 1. The van der Waals surface area contributed by atoms with E-state index in [-0.39, 0.29) is 17.7 Å². The monoisotopic (exact) mass is 492 g/mol. The highest BCUT2D eigenvalue weighted by atomic mass is 19.1. The van der Waals surface area contributed by atoms with E-state index in [0.29, 0.717) is 35.6 Å². The Morgan fingerprint density at radius 1 is 1.17 bits per heavy atom. The molecule has 0 atom stereocenters. The number of halogens is 1. The van der Waals surface area contributed by atoms with Crippen molar-refractivity contribution in [3.63, 3.8) is 0 Å². The highest BCUT2D eigenvalue weighted by Gasteiger charge is 2.29. The van der Waals surface area contributed by atoms with Crippen LogP contribution in [0.2, 0.25) is 0 Å². The lowest BCUT2D eigenvalue weighted by molar-refractivity contribution is 0.0205. The van der Waals surface area contributed by atoms with Gasteiger partial charge in [0.15, 0.2) is 11.5 Å². The molecule has 4 aromatic rings. The van der Waals surface area contributed by atoms with Crippen molar-refractivity contribution in [1.82, 2.24) is 14.3 Å². The molecule has 0 spiro atoms. The molecule has 1 aliphatic heterocycles. The van der Waals surface area contributed by atoms with Gasteiger partial charge < -0.3 is 23.8 Å². The molecule has 5 rings (SSSR count). The van der Waals surface area contributed by atoms with Gasteiger partial charge >= 0.3 is 6.09 Å². The molecular weight excluding hydrogens is 463 g/mol. The summed E-state index contributed by atoms with van der Waals surface area (Å²) in [4.78, 5) is 31.4. The molecule has 8 nitrogen and oxygen atoms in total. The number of hydrogen-bond acceptors (Lipinski definition) is 5. The number of carbonyl (C=O) groups is 2. The van der Waals surface area contributed by atoms with E-state index in [2.05, 4.69) is 10.3 Å². The van der Waals surface area contributed by atoms with E-state index in [1.807, 2.05) is 32.9 Å². The molecule has 0 saturated carbocycles. The maximum absolute atomic E-state index is 14.4. The lowest BCUT2D eigenvalue weighted by Gasteiger charge is -2.33. The van der Waals surface area contributed by atoms with Gasteiger partial charge in [0, 0.05) is 36.9 Å². The van der Waals surface area contributed by atoms with E-state index < -0.39 is 17.3 Å². The summed E-state index contributed by atoms with van der Waals surface area (Å²) in [6.07, 6.45) is 6.18. The lowest BCUT2D eigenvalue weighted by Crippen LogP contribution is -2.41. The maximum atomic E-state index is 14.4. The van der Waals surface area contributed by atoms with Gasteiger partial charge in [0.2, 0.25) is 0 Å². The number of pyridine rings is 1. The quantitative estimate of drug-likeness (QED) is 0.385. The predicted octanol–water partition coefficient (Wildman–Crippen LogP) is 5.89. The molecule has 3 aromatic heterocycles. The molecule has 2 amide bonds. The molecule has 0 aliphatic carbocycles. The number of hydrogen-bond donors (Lipinski definition) is 1. The molecule has 0 bridgehead atoms. The first-order valence-corrected chi connectivity index (χ1v) is 12.0. The number of nitrogens with zero attached hydrogens (tertiary/aromatic N) is 3. The van der Waals surface area contributed by atoms with Gasteiger partial charge in [0.1, 0.15) is 11.2 Å². The number of anilines is 1. The van der Waals surface area contributed by atoms with E-state index in [1.54, 1.807) is 40.9 Å². The van der Waals surface area contributed by atoms with Crippen LogP contribution in [0.4, 0.5) is 14.9 Å². The lowest BCUT2D eigenvalue weighted by atomic mass is 9.87. The molecule has 4 heterocycles. The topological polar surface area (TPSA) is 89.1 Å². The number of likely N-dealkylation sites (tertiary alicyclic amines) is 1. The number of aromatic nitrogens is 2. The van der Waals surface area contributed by atoms with Crippen LogP contribution in [0.5, 0.6) is 0 Å². The van der Waals surface area contributed by atoms with Gasteiger partial charge in [-0.1, -0.05) is 6.07 Å². The third kappa shape index (κ3) is 4.65. The molecule has 1 fully saturated rings. The molecule has 9 heteroatoms. The zero-order valence-corrected chi connectivity index (χ0v) is 20.8. The molecule has 1 N–H and O–H groups in total. The Labute approximate surface area is 208 Å². The summed E-state index contributed by atoms with van der Waals surface area (Å²) >= 11 is 0. The van der Waals surface area contributed by atoms with E-state index in [0.717, 1.165) is 23.8 Å². The van der Waals surface area contributed by atoms with Crippen molar-refractivity contribution in [2.45, 2.75) is 52.1 Å². The first kappa shape index (κ1) is 23.8. The Kier molecular flexibility index (Phi) is 5.94. The Bertz CT molecular complexity index is 1460. The van der Waals surface area contributed by atoms with Crippen LogP contribution in [0.15, 0.2) is 47.3 Å². The third-order valence-electron chi connectivity index (χ3n) is 6.37. The van der Waals surface area contributed by atoms with Crippen LogP contribution in [-0.4, -0.2) is 45.0 Å². The number of furan rings is 1. The first-order valence-electron chi connectivity index (χ1n) is 12.0. The molecule has 1 aromatic carbocycles. The number of ether oxygens (including phenoxy) is 1. The van der Waals surface area contributed by atoms with Crippen molar-refractivity contribution in [2.24, 2.45) is 0 Å². The van der Waals surface area contributed by atoms with E-state index >= 15 is 0 Å². The van der Waals surface area contributed by atoms with Gasteiger partial charge in [-0.3, -0.25) is 4.79 Å². The average Bonchev–Trinajstić information content (AvgIpc) is 3.44. The molecular formula is C27H29FN4O4.